The van der Waals surface area contributed by atoms with Gasteiger partial charge in [0.1, 0.15) is 0 Å². The lowest BCUT2D eigenvalue weighted by Crippen LogP contribution is -2.19. The summed E-state index contributed by atoms with van der Waals surface area (Å²) in [6.45, 7) is 4.54. The van der Waals surface area contributed by atoms with E-state index in [4.69, 9.17) is 0 Å². The highest BCUT2D eigenvalue weighted by Gasteiger charge is 2.14. The largest absolute Gasteiger partial charge is 0.306 e. The van der Waals surface area contributed by atoms with E-state index < -0.39 is 0 Å². The minimum absolute atomic E-state index is 0.190. The first-order valence-electron chi connectivity index (χ1n) is 8.63. The lowest BCUT2D eigenvalue weighted by atomic mass is 9.89. The molecule has 24 heavy (non-hydrogen) atoms. The number of nitro benzene ring substituents is 1. The molecule has 4 heteroatoms. The van der Waals surface area contributed by atoms with Crippen molar-refractivity contribution in [3.05, 3.63) is 74.3 Å². The zero-order valence-electron chi connectivity index (χ0n) is 14.3. The number of fused-ring (bicyclic) bond motifs is 1. The van der Waals surface area contributed by atoms with Crippen molar-refractivity contribution in [2.75, 3.05) is 0 Å². The van der Waals surface area contributed by atoms with Crippen molar-refractivity contribution in [2.24, 2.45) is 0 Å². The summed E-state index contributed by atoms with van der Waals surface area (Å²) in [5, 5.41) is 14.5. The van der Waals surface area contributed by atoms with Crippen molar-refractivity contribution in [1.82, 2.24) is 5.32 Å². The summed E-state index contributed by atoms with van der Waals surface area (Å²) < 4.78 is 0. The van der Waals surface area contributed by atoms with E-state index in [1.54, 1.807) is 13.0 Å². The maximum absolute atomic E-state index is 11.1. The van der Waals surface area contributed by atoms with Crippen molar-refractivity contribution in [2.45, 2.75) is 52.1 Å². The van der Waals surface area contributed by atoms with Crippen LogP contribution in [-0.2, 0) is 19.4 Å². The topological polar surface area (TPSA) is 55.2 Å². The van der Waals surface area contributed by atoms with Gasteiger partial charge in [0.15, 0.2) is 0 Å². The molecule has 0 heterocycles. The fourth-order valence-electron chi connectivity index (χ4n) is 3.37. The van der Waals surface area contributed by atoms with Gasteiger partial charge in [-0.15, -0.1) is 0 Å². The highest BCUT2D eigenvalue weighted by atomic mass is 16.6. The highest BCUT2D eigenvalue weighted by molar-refractivity contribution is 5.42. The molecule has 0 bridgehead atoms. The third-order valence-corrected chi connectivity index (χ3v) is 4.96. The van der Waals surface area contributed by atoms with E-state index in [-0.39, 0.29) is 16.7 Å². The van der Waals surface area contributed by atoms with Crippen LogP contribution in [0.25, 0.3) is 0 Å². The van der Waals surface area contributed by atoms with Crippen molar-refractivity contribution in [3.8, 4) is 0 Å². The maximum Gasteiger partial charge on any atom is 0.272 e. The van der Waals surface area contributed by atoms with Gasteiger partial charge in [0.2, 0.25) is 0 Å². The van der Waals surface area contributed by atoms with Gasteiger partial charge >= 0.3 is 0 Å². The van der Waals surface area contributed by atoms with Gasteiger partial charge in [0, 0.05) is 24.2 Å². The predicted octanol–water partition coefficient (Wildman–Crippen LogP) is 4.63. The molecule has 2 aromatic rings. The Morgan fingerprint density at radius 3 is 2.62 bits per heavy atom. The summed E-state index contributed by atoms with van der Waals surface area (Å²) in [4.78, 5) is 10.7. The SMILES string of the molecule is Cc1ccc(CN[C@H](C)c2ccc3c(c2)CCCC3)cc1[N+](=O)[O-]. The third kappa shape index (κ3) is 3.65. The molecule has 0 aliphatic heterocycles. The van der Waals surface area contributed by atoms with Crippen LogP contribution in [0.5, 0.6) is 0 Å². The maximum atomic E-state index is 11.1. The molecule has 0 aromatic heterocycles. The van der Waals surface area contributed by atoms with Crippen molar-refractivity contribution < 1.29 is 4.92 Å². The molecule has 3 rings (SSSR count). The first-order chi connectivity index (χ1) is 11.5. The summed E-state index contributed by atoms with van der Waals surface area (Å²) in [6, 6.07) is 12.5. The Bertz CT molecular complexity index is 755. The molecule has 1 atom stereocenters. The smallest absolute Gasteiger partial charge is 0.272 e. The number of hydrogen-bond acceptors (Lipinski definition) is 3. The second kappa shape index (κ2) is 7.14. The molecule has 0 amide bonds. The lowest BCUT2D eigenvalue weighted by Gasteiger charge is -2.20. The minimum Gasteiger partial charge on any atom is -0.306 e. The first kappa shape index (κ1) is 16.7. The van der Waals surface area contributed by atoms with Gasteiger partial charge in [-0.3, -0.25) is 10.1 Å². The van der Waals surface area contributed by atoms with Crippen LogP contribution in [0.15, 0.2) is 36.4 Å². The molecule has 4 nitrogen and oxygen atoms in total. The molecule has 1 aliphatic rings. The number of nitrogens with zero attached hydrogens (tertiary/aromatic N) is 1. The molecular weight excluding hydrogens is 300 g/mol. The van der Waals surface area contributed by atoms with Crippen LogP contribution in [0, 0.1) is 17.0 Å². The van der Waals surface area contributed by atoms with E-state index in [1.807, 2.05) is 12.1 Å². The van der Waals surface area contributed by atoms with Crippen LogP contribution >= 0.6 is 0 Å². The lowest BCUT2D eigenvalue weighted by molar-refractivity contribution is -0.385. The van der Waals surface area contributed by atoms with Gasteiger partial charge in [0.25, 0.3) is 5.69 Å². The molecule has 0 fully saturated rings. The first-order valence-corrected chi connectivity index (χ1v) is 8.63. The summed E-state index contributed by atoms with van der Waals surface area (Å²) in [6.07, 6.45) is 4.96. The molecule has 0 saturated heterocycles. The van der Waals surface area contributed by atoms with Crippen LogP contribution < -0.4 is 5.32 Å². The van der Waals surface area contributed by atoms with Crippen LogP contribution in [0.2, 0.25) is 0 Å². The Labute approximate surface area is 143 Å². The summed E-state index contributed by atoms with van der Waals surface area (Å²) >= 11 is 0. The molecule has 1 aliphatic carbocycles. The number of benzene rings is 2. The number of hydrogen-bond donors (Lipinski definition) is 1. The summed E-state index contributed by atoms with van der Waals surface area (Å²) in [5.41, 5.74) is 6.10. The van der Waals surface area contributed by atoms with E-state index >= 15 is 0 Å². The Balaban J connectivity index is 1.68. The minimum atomic E-state index is -0.314. The van der Waals surface area contributed by atoms with Gasteiger partial charge in [-0.05, 0) is 61.8 Å². The number of rotatable bonds is 5. The molecule has 0 spiro atoms. The van der Waals surface area contributed by atoms with Crippen LogP contribution in [0.3, 0.4) is 0 Å². The normalized spacial score (nSPS) is 14.9. The van der Waals surface area contributed by atoms with Crippen molar-refractivity contribution in [3.63, 3.8) is 0 Å². The number of nitro groups is 1. The van der Waals surface area contributed by atoms with Gasteiger partial charge < -0.3 is 5.32 Å². The average molecular weight is 324 g/mol. The Morgan fingerprint density at radius 1 is 1.12 bits per heavy atom. The second-order valence-corrected chi connectivity index (χ2v) is 6.72. The molecule has 126 valence electrons. The third-order valence-electron chi connectivity index (χ3n) is 4.96. The molecule has 0 saturated carbocycles. The Hall–Kier alpha value is -2.20. The van der Waals surface area contributed by atoms with E-state index in [0.717, 1.165) is 5.56 Å². The second-order valence-electron chi connectivity index (χ2n) is 6.72. The van der Waals surface area contributed by atoms with Crippen molar-refractivity contribution >= 4 is 5.69 Å². The molecule has 0 unspecified atom stereocenters. The van der Waals surface area contributed by atoms with Gasteiger partial charge in [0.05, 0.1) is 4.92 Å². The van der Waals surface area contributed by atoms with Crippen molar-refractivity contribution in [1.29, 1.82) is 0 Å². The van der Waals surface area contributed by atoms with E-state index in [1.165, 1.54) is 42.4 Å². The van der Waals surface area contributed by atoms with E-state index in [9.17, 15) is 10.1 Å². The molecular formula is C20H24N2O2. The monoisotopic (exact) mass is 324 g/mol. The highest BCUT2D eigenvalue weighted by Crippen LogP contribution is 2.25. The van der Waals surface area contributed by atoms with E-state index in [0.29, 0.717) is 12.1 Å². The van der Waals surface area contributed by atoms with Gasteiger partial charge in [-0.25, -0.2) is 0 Å². The van der Waals surface area contributed by atoms with Gasteiger partial charge in [-0.1, -0.05) is 30.3 Å². The quantitative estimate of drug-likeness (QED) is 0.644. The molecule has 0 radical (unpaired) electrons. The summed E-state index contributed by atoms with van der Waals surface area (Å²) in [7, 11) is 0. The van der Waals surface area contributed by atoms with Crippen LogP contribution in [-0.4, -0.2) is 4.92 Å². The fraction of sp³-hybridized carbons (Fsp3) is 0.400. The molecule has 1 N–H and O–H groups in total. The van der Waals surface area contributed by atoms with E-state index in [2.05, 4.69) is 30.4 Å². The number of aryl methyl sites for hydroxylation is 3. The molecule has 2 aromatic carbocycles. The average Bonchev–Trinajstić information content (AvgIpc) is 2.60. The van der Waals surface area contributed by atoms with Gasteiger partial charge in [-0.2, -0.15) is 0 Å². The van der Waals surface area contributed by atoms with Crippen LogP contribution in [0.1, 0.15) is 53.6 Å². The van der Waals surface area contributed by atoms with Crippen LogP contribution in [0.4, 0.5) is 5.69 Å². The zero-order valence-corrected chi connectivity index (χ0v) is 14.3. The standard InChI is InChI=1S/C20H24N2O2/c1-14-7-8-16(11-20(14)22(23)24)13-21-15(2)18-10-9-17-5-3-4-6-19(17)12-18/h7-12,15,21H,3-6,13H2,1-2H3/t15-/m1/s1. The fourth-order valence-corrected chi connectivity index (χ4v) is 3.37. The predicted molar refractivity (Wildman–Crippen MR) is 96.2 cm³/mol. The summed E-state index contributed by atoms with van der Waals surface area (Å²) in [5.74, 6) is 0. The Morgan fingerprint density at radius 2 is 1.88 bits per heavy atom. The zero-order chi connectivity index (χ0) is 17.1. The Kier molecular flexibility index (Phi) is 4.95. The number of nitrogens with one attached hydrogen (secondary N) is 1.